The van der Waals surface area contributed by atoms with Gasteiger partial charge < -0.3 is 0 Å². The van der Waals surface area contributed by atoms with Crippen LogP contribution in [0.4, 0.5) is 74.6 Å². The molecule has 21 heteroatoms. The predicted molar refractivity (Wildman–Crippen MR) is 115 cm³/mol. The molecule has 40 heavy (non-hydrogen) atoms. The van der Waals surface area contributed by atoms with E-state index >= 15 is 0 Å². The summed E-state index contributed by atoms with van der Waals surface area (Å²) in [6, 6.07) is -4.60. The van der Waals surface area contributed by atoms with E-state index in [-0.39, 0.29) is 12.8 Å². The number of rotatable bonds is 17. The van der Waals surface area contributed by atoms with Crippen molar-refractivity contribution in [1.29, 1.82) is 0 Å². The molecule has 1 unspecified atom stereocenters. The molecule has 0 aliphatic rings. The molecule has 0 aromatic heterocycles. The standard InChI is InChI=1S/C19H22Cl3F17Si/c1-2-3-4-5-6-7-8-9-11(40(20,21)22)10-12(23,24)13(25,26)14(27,28)15(29,30)16(31,32)17(33,34)18(35,36)19(37,38)39/h11H,2-10H2,1H3. The minimum Gasteiger partial charge on any atom is -0.200 e. The van der Waals surface area contributed by atoms with Crippen LogP contribution in [0.15, 0.2) is 0 Å². The molecule has 0 amide bonds. The van der Waals surface area contributed by atoms with Gasteiger partial charge in [-0.25, -0.2) is 0 Å². The Morgan fingerprint density at radius 2 is 0.800 bits per heavy atom. The van der Waals surface area contributed by atoms with E-state index in [0.717, 1.165) is 19.3 Å². The predicted octanol–water partition coefficient (Wildman–Crippen LogP) is 11.6. The smallest absolute Gasteiger partial charge is 0.200 e. The van der Waals surface area contributed by atoms with Crippen molar-refractivity contribution >= 4 is 39.2 Å². The lowest BCUT2D eigenvalue weighted by molar-refractivity contribution is -0.461. The van der Waals surface area contributed by atoms with Gasteiger partial charge in [-0.1, -0.05) is 51.9 Å². The van der Waals surface area contributed by atoms with Gasteiger partial charge >= 0.3 is 53.6 Å². The van der Waals surface area contributed by atoms with Crippen LogP contribution in [-0.2, 0) is 0 Å². The van der Waals surface area contributed by atoms with Gasteiger partial charge in [-0.05, 0) is 6.42 Å². The lowest BCUT2D eigenvalue weighted by Gasteiger charge is -2.43. The van der Waals surface area contributed by atoms with Crippen molar-refractivity contribution in [3.05, 3.63) is 0 Å². The molecule has 0 spiro atoms. The highest BCUT2D eigenvalue weighted by atomic mass is 35.8. The number of unbranched alkanes of at least 4 members (excludes halogenated alkanes) is 6. The second-order valence-electron chi connectivity index (χ2n) is 9.00. The Morgan fingerprint density at radius 1 is 0.475 bits per heavy atom. The number of hydrogen-bond donors (Lipinski definition) is 0. The monoisotopic (exact) mass is 706 g/mol. The van der Waals surface area contributed by atoms with Gasteiger partial charge in [0.1, 0.15) is 0 Å². The third kappa shape index (κ3) is 7.51. The van der Waals surface area contributed by atoms with Crippen molar-refractivity contribution in [1.82, 2.24) is 0 Å². The van der Waals surface area contributed by atoms with Gasteiger partial charge in [-0.2, -0.15) is 74.6 Å². The molecule has 0 rings (SSSR count). The molecule has 0 saturated carbocycles. The summed E-state index contributed by atoms with van der Waals surface area (Å²) in [6.07, 6.45) is -7.60. The summed E-state index contributed by atoms with van der Waals surface area (Å²) >= 11 is 16.5. The van der Waals surface area contributed by atoms with Crippen molar-refractivity contribution in [2.45, 2.75) is 118 Å². The van der Waals surface area contributed by atoms with E-state index in [2.05, 4.69) is 0 Å². The highest BCUT2D eigenvalue weighted by Gasteiger charge is 2.95. The minimum atomic E-state index is -8.66. The van der Waals surface area contributed by atoms with Crippen LogP contribution in [0.25, 0.3) is 0 Å². The number of halogens is 20. The summed E-state index contributed by atoms with van der Waals surface area (Å²) in [4.78, 5) is 0. The zero-order valence-electron chi connectivity index (χ0n) is 20.0. The summed E-state index contributed by atoms with van der Waals surface area (Å²) in [7, 11) is 0. The summed E-state index contributed by atoms with van der Waals surface area (Å²) < 4.78 is 229. The Hall–Kier alpha value is -0.103. The maximum absolute atomic E-state index is 14.4. The summed E-state index contributed by atoms with van der Waals surface area (Å²) in [5.74, 6) is -56.7. The normalized spacial score (nSPS) is 16.4. The van der Waals surface area contributed by atoms with E-state index in [0.29, 0.717) is 12.8 Å². The van der Waals surface area contributed by atoms with E-state index in [9.17, 15) is 74.6 Å². The first kappa shape index (κ1) is 39.9. The summed E-state index contributed by atoms with van der Waals surface area (Å²) in [5.41, 5.74) is -2.23. The summed E-state index contributed by atoms with van der Waals surface area (Å²) in [5, 5.41) is 0. The van der Waals surface area contributed by atoms with Crippen LogP contribution in [0, 0.1) is 0 Å². The molecule has 0 heterocycles. The van der Waals surface area contributed by atoms with Crippen molar-refractivity contribution in [3.8, 4) is 0 Å². The fourth-order valence-electron chi connectivity index (χ4n) is 3.36. The van der Waals surface area contributed by atoms with Gasteiger partial charge in [-0.15, -0.1) is 33.2 Å². The highest BCUT2D eigenvalue weighted by molar-refractivity contribution is 7.65. The van der Waals surface area contributed by atoms with E-state index in [1.165, 1.54) is 0 Å². The van der Waals surface area contributed by atoms with Gasteiger partial charge in [0.15, 0.2) is 0 Å². The highest BCUT2D eigenvalue weighted by Crippen LogP contribution is 2.65. The third-order valence-corrected chi connectivity index (χ3v) is 10.1. The SMILES string of the molecule is CCCCCCCCCC(CC(F)(F)C(F)(F)C(F)(F)C(F)(F)C(F)(F)C(F)(F)C(F)(F)C(F)(F)F)[Si](Cl)(Cl)Cl. The maximum Gasteiger partial charge on any atom is 0.460 e. The Balaban J connectivity index is 6.26. The molecule has 1 atom stereocenters. The van der Waals surface area contributed by atoms with Crippen LogP contribution < -0.4 is 0 Å². The first-order valence-electron chi connectivity index (χ1n) is 11.2. The molecule has 0 N–H and O–H groups in total. The second-order valence-corrected chi connectivity index (χ2v) is 18.0. The van der Waals surface area contributed by atoms with E-state index < -0.39 is 72.0 Å². The van der Waals surface area contributed by atoms with Crippen molar-refractivity contribution < 1.29 is 74.6 Å². The van der Waals surface area contributed by atoms with Crippen LogP contribution >= 0.6 is 33.2 Å². The Kier molecular flexibility index (Phi) is 12.8. The fraction of sp³-hybridized carbons (Fsp3) is 1.00. The van der Waals surface area contributed by atoms with Gasteiger partial charge in [0.2, 0.25) is 0 Å². The van der Waals surface area contributed by atoms with Gasteiger partial charge in [0, 0.05) is 12.0 Å². The Labute approximate surface area is 232 Å². The van der Waals surface area contributed by atoms with Crippen molar-refractivity contribution in [2.75, 3.05) is 0 Å². The quantitative estimate of drug-likeness (QED) is 0.0611. The van der Waals surface area contributed by atoms with E-state index in [4.69, 9.17) is 33.2 Å². The second kappa shape index (κ2) is 12.9. The topological polar surface area (TPSA) is 0 Å². The van der Waals surface area contributed by atoms with E-state index in [1.807, 2.05) is 6.92 Å². The lowest BCUT2D eigenvalue weighted by Crippen LogP contribution is -2.74. The van der Waals surface area contributed by atoms with Crippen molar-refractivity contribution in [2.24, 2.45) is 0 Å². The molecule has 0 nitrogen and oxygen atoms in total. The largest absolute Gasteiger partial charge is 0.460 e. The minimum absolute atomic E-state index is 0.150. The molecule has 0 fully saturated rings. The average Bonchev–Trinajstić information content (AvgIpc) is 2.75. The molecule has 0 aromatic rings. The molecule has 0 aromatic carbocycles. The molecule has 0 saturated heterocycles. The van der Waals surface area contributed by atoms with Crippen LogP contribution in [0.3, 0.4) is 0 Å². The van der Waals surface area contributed by atoms with Gasteiger partial charge in [0.25, 0.3) is 0 Å². The first-order valence-corrected chi connectivity index (χ1v) is 16.3. The molecule has 0 radical (unpaired) electrons. The Morgan fingerprint density at radius 3 is 1.15 bits per heavy atom. The van der Waals surface area contributed by atoms with Crippen LogP contribution in [0.5, 0.6) is 0 Å². The number of hydrogen-bond acceptors (Lipinski definition) is 0. The third-order valence-electron chi connectivity index (χ3n) is 5.91. The fourth-order valence-corrected chi connectivity index (χ4v) is 6.06. The Bertz CT molecular complexity index is 809. The van der Waals surface area contributed by atoms with Crippen LogP contribution in [0.2, 0.25) is 5.54 Å². The molecule has 0 aliphatic carbocycles. The molecule has 0 aliphatic heterocycles. The van der Waals surface area contributed by atoms with Crippen molar-refractivity contribution in [3.63, 3.8) is 0 Å². The molecular weight excluding hydrogens is 686 g/mol. The zero-order chi connectivity index (χ0) is 32.4. The van der Waals surface area contributed by atoms with Crippen LogP contribution in [0.1, 0.15) is 64.7 Å². The molecule has 242 valence electrons. The maximum atomic E-state index is 14.4. The van der Waals surface area contributed by atoms with Gasteiger partial charge in [-0.3, -0.25) is 0 Å². The summed E-state index contributed by atoms with van der Waals surface area (Å²) in [6.45, 7) is 1.88. The van der Waals surface area contributed by atoms with E-state index in [1.54, 1.807) is 0 Å². The lowest BCUT2D eigenvalue weighted by atomic mass is 9.87. The molecular formula is C19H22Cl3F17Si. The van der Waals surface area contributed by atoms with Crippen LogP contribution in [-0.4, -0.2) is 53.6 Å². The first-order chi connectivity index (χ1) is 17.4. The number of alkyl halides is 17. The average molecular weight is 708 g/mol. The molecule has 0 bridgehead atoms. The zero-order valence-corrected chi connectivity index (χ0v) is 23.3. The van der Waals surface area contributed by atoms with Gasteiger partial charge in [0.05, 0.1) is 0 Å².